The Balaban J connectivity index is 1.79. The highest BCUT2D eigenvalue weighted by Gasteiger charge is 2.48. The van der Waals surface area contributed by atoms with E-state index in [4.69, 9.17) is 5.11 Å². The first-order valence-corrected chi connectivity index (χ1v) is 5.87. The van der Waals surface area contributed by atoms with Crippen molar-refractivity contribution in [2.75, 3.05) is 0 Å². The first-order chi connectivity index (χ1) is 7.58. The molecule has 0 aliphatic heterocycles. The molecule has 0 radical (unpaired) electrons. The van der Waals surface area contributed by atoms with E-state index in [0.29, 0.717) is 13.0 Å². The van der Waals surface area contributed by atoms with Crippen LogP contribution in [0.1, 0.15) is 17.1 Å². The smallest absolute Gasteiger partial charge is 0.307 e. The van der Waals surface area contributed by atoms with E-state index in [-0.39, 0.29) is 11.8 Å². The Morgan fingerprint density at radius 2 is 2.38 bits per heavy atom. The van der Waals surface area contributed by atoms with E-state index >= 15 is 0 Å². The third-order valence-corrected chi connectivity index (χ3v) is 3.49. The van der Waals surface area contributed by atoms with E-state index in [1.54, 1.807) is 0 Å². The molecule has 1 fully saturated rings. The van der Waals surface area contributed by atoms with Gasteiger partial charge in [0.15, 0.2) is 0 Å². The number of thiazole rings is 1. The summed E-state index contributed by atoms with van der Waals surface area (Å²) in [6.07, 6.45) is 0.456. The molecule has 2 atom stereocenters. The van der Waals surface area contributed by atoms with Crippen molar-refractivity contribution in [1.29, 1.82) is 0 Å². The number of aromatic nitrogens is 1. The minimum atomic E-state index is -0.884. The summed E-state index contributed by atoms with van der Waals surface area (Å²) in [5, 5.41) is 14.1. The summed E-state index contributed by atoms with van der Waals surface area (Å²) in [4.78, 5) is 26.3. The molecule has 16 heavy (non-hydrogen) atoms. The van der Waals surface area contributed by atoms with Crippen LogP contribution in [0.5, 0.6) is 0 Å². The lowest BCUT2D eigenvalue weighted by Gasteiger charge is -2.00. The third-order valence-electron chi connectivity index (χ3n) is 2.52. The highest BCUT2D eigenvalue weighted by atomic mass is 32.1. The summed E-state index contributed by atoms with van der Waals surface area (Å²) in [6, 6.07) is 0. The number of aliphatic carboxylic acids is 1. The molecule has 1 heterocycles. The number of carbonyl (C=O) groups is 2. The zero-order chi connectivity index (χ0) is 11.7. The Morgan fingerprint density at radius 1 is 1.62 bits per heavy atom. The quantitative estimate of drug-likeness (QED) is 0.815. The van der Waals surface area contributed by atoms with Crippen molar-refractivity contribution >= 4 is 23.2 Å². The van der Waals surface area contributed by atoms with Gasteiger partial charge in [-0.15, -0.1) is 11.3 Å². The lowest BCUT2D eigenvalue weighted by Crippen LogP contribution is -2.25. The predicted octanol–water partition coefficient (Wildman–Crippen LogP) is 0.788. The number of nitrogens with one attached hydrogen (secondary N) is 1. The molecule has 1 aromatic rings. The lowest BCUT2D eigenvalue weighted by atomic mass is 10.3. The molecule has 2 unspecified atom stereocenters. The summed E-state index contributed by atoms with van der Waals surface area (Å²) in [5.74, 6) is -1.90. The van der Waals surface area contributed by atoms with Gasteiger partial charge in [-0.05, 0) is 13.3 Å². The lowest BCUT2D eigenvalue weighted by molar-refractivity contribution is -0.140. The minimum Gasteiger partial charge on any atom is -0.481 e. The molecule has 2 rings (SSSR count). The Bertz CT molecular complexity index is 429. The van der Waals surface area contributed by atoms with Crippen LogP contribution < -0.4 is 5.32 Å². The van der Waals surface area contributed by atoms with Gasteiger partial charge >= 0.3 is 5.97 Å². The topological polar surface area (TPSA) is 79.3 Å². The van der Waals surface area contributed by atoms with Crippen LogP contribution in [0.3, 0.4) is 0 Å². The normalized spacial score (nSPS) is 22.8. The van der Waals surface area contributed by atoms with Crippen LogP contribution in [0.4, 0.5) is 0 Å². The van der Waals surface area contributed by atoms with Gasteiger partial charge in [0.05, 0.1) is 18.4 Å². The molecule has 1 aromatic heterocycles. The molecular formula is C10H12N2O3S. The highest BCUT2D eigenvalue weighted by Crippen LogP contribution is 2.38. The first-order valence-electron chi connectivity index (χ1n) is 4.99. The number of aryl methyl sites for hydroxylation is 1. The molecule has 0 spiro atoms. The van der Waals surface area contributed by atoms with Gasteiger partial charge in [-0.25, -0.2) is 4.98 Å². The van der Waals surface area contributed by atoms with Crippen molar-refractivity contribution < 1.29 is 14.7 Å². The molecule has 1 saturated carbocycles. The Kier molecular flexibility index (Phi) is 2.91. The van der Waals surface area contributed by atoms with Crippen LogP contribution in [0, 0.1) is 18.8 Å². The molecular weight excluding hydrogens is 228 g/mol. The summed E-state index contributed by atoms with van der Waals surface area (Å²) < 4.78 is 0. The van der Waals surface area contributed by atoms with Crippen LogP contribution in [0.25, 0.3) is 0 Å². The maximum atomic E-state index is 11.5. The maximum Gasteiger partial charge on any atom is 0.307 e. The standard InChI is InChI=1S/C10H12N2O3S/c1-5-4-16-8(12-5)3-11-9(13)6-2-7(6)10(14)15/h4,6-7H,2-3H2,1H3,(H,11,13)(H,14,15). The number of rotatable bonds is 4. The number of amides is 1. The average molecular weight is 240 g/mol. The fourth-order valence-corrected chi connectivity index (χ4v) is 2.25. The van der Waals surface area contributed by atoms with E-state index in [1.807, 2.05) is 12.3 Å². The maximum absolute atomic E-state index is 11.5. The molecule has 1 aliphatic carbocycles. The predicted molar refractivity (Wildman–Crippen MR) is 57.9 cm³/mol. The number of carboxylic acids is 1. The van der Waals surface area contributed by atoms with Gasteiger partial charge in [0.25, 0.3) is 0 Å². The van der Waals surface area contributed by atoms with Gasteiger partial charge in [-0.3, -0.25) is 9.59 Å². The van der Waals surface area contributed by atoms with Crippen molar-refractivity contribution in [3.8, 4) is 0 Å². The molecule has 1 aliphatic rings. The molecule has 5 nitrogen and oxygen atoms in total. The molecule has 86 valence electrons. The van der Waals surface area contributed by atoms with E-state index in [0.717, 1.165) is 10.7 Å². The van der Waals surface area contributed by atoms with Crippen LogP contribution in [-0.4, -0.2) is 22.0 Å². The number of hydrogen-bond acceptors (Lipinski definition) is 4. The number of carboxylic acid groups (broad SMARTS) is 1. The molecule has 2 N–H and O–H groups in total. The number of hydrogen-bond donors (Lipinski definition) is 2. The summed E-state index contributed by atoms with van der Waals surface area (Å²) >= 11 is 1.49. The largest absolute Gasteiger partial charge is 0.481 e. The van der Waals surface area contributed by atoms with E-state index in [2.05, 4.69) is 10.3 Å². The van der Waals surface area contributed by atoms with Crippen LogP contribution in [0.2, 0.25) is 0 Å². The van der Waals surface area contributed by atoms with Gasteiger partial charge < -0.3 is 10.4 Å². The molecule has 0 bridgehead atoms. The SMILES string of the molecule is Cc1csc(CNC(=O)C2CC2C(=O)O)n1. The van der Waals surface area contributed by atoms with E-state index in [1.165, 1.54) is 11.3 Å². The van der Waals surface area contributed by atoms with Crippen LogP contribution in [0.15, 0.2) is 5.38 Å². The fourth-order valence-electron chi connectivity index (χ4n) is 1.54. The summed E-state index contributed by atoms with van der Waals surface area (Å²) in [5.41, 5.74) is 0.934. The second kappa shape index (κ2) is 4.21. The van der Waals surface area contributed by atoms with Gasteiger partial charge in [0.2, 0.25) is 5.91 Å². The summed E-state index contributed by atoms with van der Waals surface area (Å²) in [6.45, 7) is 2.28. The Labute approximate surface area is 96.5 Å². The highest BCUT2D eigenvalue weighted by molar-refractivity contribution is 7.09. The average Bonchev–Trinajstić information content (AvgIpc) is 2.93. The third kappa shape index (κ3) is 2.38. The van der Waals surface area contributed by atoms with E-state index < -0.39 is 11.9 Å². The van der Waals surface area contributed by atoms with Crippen molar-refractivity contribution in [2.24, 2.45) is 11.8 Å². The van der Waals surface area contributed by atoms with Gasteiger partial charge in [-0.2, -0.15) is 0 Å². The van der Waals surface area contributed by atoms with E-state index in [9.17, 15) is 9.59 Å². The summed E-state index contributed by atoms with van der Waals surface area (Å²) in [7, 11) is 0. The van der Waals surface area contributed by atoms with Gasteiger partial charge in [0.1, 0.15) is 5.01 Å². The zero-order valence-corrected chi connectivity index (χ0v) is 9.58. The Morgan fingerprint density at radius 3 is 2.88 bits per heavy atom. The molecule has 0 aromatic carbocycles. The van der Waals surface area contributed by atoms with Gasteiger partial charge in [-0.1, -0.05) is 0 Å². The van der Waals surface area contributed by atoms with Crippen molar-refractivity contribution in [3.63, 3.8) is 0 Å². The monoisotopic (exact) mass is 240 g/mol. The molecule has 0 saturated heterocycles. The van der Waals surface area contributed by atoms with Crippen molar-refractivity contribution in [1.82, 2.24) is 10.3 Å². The number of nitrogens with zero attached hydrogens (tertiary/aromatic N) is 1. The Hall–Kier alpha value is -1.43. The number of carbonyl (C=O) groups excluding carboxylic acids is 1. The first kappa shape index (κ1) is 11.1. The second-order valence-corrected chi connectivity index (χ2v) is 4.83. The molecule has 6 heteroatoms. The van der Waals surface area contributed by atoms with Crippen LogP contribution >= 0.6 is 11.3 Å². The van der Waals surface area contributed by atoms with Crippen molar-refractivity contribution in [3.05, 3.63) is 16.1 Å². The van der Waals surface area contributed by atoms with Crippen LogP contribution in [-0.2, 0) is 16.1 Å². The zero-order valence-electron chi connectivity index (χ0n) is 8.77. The second-order valence-electron chi connectivity index (χ2n) is 3.89. The van der Waals surface area contributed by atoms with Crippen molar-refractivity contribution in [2.45, 2.75) is 19.9 Å². The van der Waals surface area contributed by atoms with Gasteiger partial charge in [0, 0.05) is 11.1 Å². The fraction of sp³-hybridized carbons (Fsp3) is 0.500. The minimum absolute atomic E-state index is 0.180. The molecule has 1 amide bonds.